The molecule has 28 heavy (non-hydrogen) atoms. The first-order valence-electron chi connectivity index (χ1n) is 9.31. The molecule has 1 aromatic heterocycles. The normalized spacial score (nSPS) is 13.1. The molecule has 6 nitrogen and oxygen atoms in total. The van der Waals surface area contributed by atoms with Gasteiger partial charge in [0.25, 0.3) is 5.91 Å². The zero-order valence-electron chi connectivity index (χ0n) is 15.6. The van der Waals surface area contributed by atoms with Gasteiger partial charge < -0.3 is 14.6 Å². The summed E-state index contributed by atoms with van der Waals surface area (Å²) in [5.74, 6) is 2.32. The van der Waals surface area contributed by atoms with Gasteiger partial charge >= 0.3 is 0 Å². The molecule has 1 amide bonds. The van der Waals surface area contributed by atoms with E-state index in [0.717, 1.165) is 42.2 Å². The van der Waals surface area contributed by atoms with E-state index in [0.29, 0.717) is 16.5 Å². The fourth-order valence-electron chi connectivity index (χ4n) is 3.24. The summed E-state index contributed by atoms with van der Waals surface area (Å²) in [6.45, 7) is 2.79. The largest absolute Gasteiger partial charge is 0.484 e. The van der Waals surface area contributed by atoms with E-state index in [9.17, 15) is 4.79 Å². The van der Waals surface area contributed by atoms with E-state index in [1.807, 2.05) is 43.3 Å². The number of hydrogen-bond donors (Lipinski definition) is 1. The Morgan fingerprint density at radius 2 is 2.00 bits per heavy atom. The van der Waals surface area contributed by atoms with Crippen molar-refractivity contribution in [2.75, 3.05) is 11.9 Å². The zero-order chi connectivity index (χ0) is 19.5. The number of ether oxygens (including phenoxy) is 1. The third-order valence-corrected chi connectivity index (χ3v) is 5.20. The molecule has 4 rings (SSSR count). The van der Waals surface area contributed by atoms with Crippen LogP contribution in [0.5, 0.6) is 5.75 Å². The Morgan fingerprint density at radius 3 is 2.79 bits per heavy atom. The number of amides is 1. The smallest absolute Gasteiger partial charge is 0.262 e. The highest BCUT2D eigenvalue weighted by atomic mass is 35.5. The summed E-state index contributed by atoms with van der Waals surface area (Å²) in [6.07, 6.45) is 3.30. The standard InChI is InChI=1S/C21H21ClN4O2/c1-14-5-8-16(12-18(14)22)23-20(27)13-28-17-9-6-15(7-10-17)21-25-24-19-4-2-3-11-26(19)21/h5-10,12H,2-4,11,13H2,1H3,(H,23,27). The van der Waals surface area contributed by atoms with Gasteiger partial charge in [0.2, 0.25) is 0 Å². The lowest BCUT2D eigenvalue weighted by atomic mass is 10.1. The lowest BCUT2D eigenvalue weighted by Crippen LogP contribution is -2.20. The number of hydrogen-bond acceptors (Lipinski definition) is 4. The third kappa shape index (κ3) is 4.02. The van der Waals surface area contributed by atoms with Gasteiger partial charge in [0.15, 0.2) is 12.4 Å². The molecule has 7 heteroatoms. The summed E-state index contributed by atoms with van der Waals surface area (Å²) < 4.78 is 7.77. The zero-order valence-corrected chi connectivity index (χ0v) is 16.4. The SMILES string of the molecule is Cc1ccc(NC(=O)COc2ccc(-c3nnc4n3CCCC4)cc2)cc1Cl. The minimum absolute atomic E-state index is 0.0782. The van der Waals surface area contributed by atoms with Crippen molar-refractivity contribution >= 4 is 23.2 Å². The monoisotopic (exact) mass is 396 g/mol. The molecule has 2 aromatic carbocycles. The number of aryl methyl sites for hydroxylation is 2. The Morgan fingerprint density at radius 1 is 1.18 bits per heavy atom. The number of aromatic nitrogens is 3. The second kappa shape index (κ2) is 8.02. The van der Waals surface area contributed by atoms with E-state index in [4.69, 9.17) is 16.3 Å². The highest BCUT2D eigenvalue weighted by Gasteiger charge is 2.16. The van der Waals surface area contributed by atoms with Gasteiger partial charge in [-0.3, -0.25) is 4.79 Å². The molecule has 1 aliphatic heterocycles. The van der Waals surface area contributed by atoms with Crippen LogP contribution >= 0.6 is 11.6 Å². The molecule has 0 saturated carbocycles. The molecular formula is C21H21ClN4O2. The molecule has 0 aliphatic carbocycles. The molecule has 0 saturated heterocycles. The molecular weight excluding hydrogens is 376 g/mol. The lowest BCUT2D eigenvalue weighted by molar-refractivity contribution is -0.118. The quantitative estimate of drug-likeness (QED) is 0.699. The first-order chi connectivity index (χ1) is 13.6. The van der Waals surface area contributed by atoms with Gasteiger partial charge in [0.1, 0.15) is 11.6 Å². The molecule has 0 unspecified atom stereocenters. The second-order valence-corrected chi connectivity index (χ2v) is 7.28. The molecule has 0 radical (unpaired) electrons. The Labute approximate surface area is 168 Å². The number of halogens is 1. The predicted molar refractivity (Wildman–Crippen MR) is 109 cm³/mol. The molecule has 144 valence electrons. The number of nitrogens with zero attached hydrogens (tertiary/aromatic N) is 3. The van der Waals surface area contributed by atoms with Crippen LogP contribution in [0.15, 0.2) is 42.5 Å². The van der Waals surface area contributed by atoms with Crippen LogP contribution in [0.3, 0.4) is 0 Å². The maximum atomic E-state index is 12.1. The first kappa shape index (κ1) is 18.5. The summed E-state index contributed by atoms with van der Waals surface area (Å²) in [5, 5.41) is 12.0. The average Bonchev–Trinajstić information content (AvgIpc) is 3.14. The summed E-state index contributed by atoms with van der Waals surface area (Å²) in [6, 6.07) is 13.0. The Bertz CT molecular complexity index is 998. The van der Waals surface area contributed by atoms with E-state index in [1.54, 1.807) is 6.07 Å². The summed E-state index contributed by atoms with van der Waals surface area (Å²) >= 11 is 6.08. The molecule has 0 bridgehead atoms. The second-order valence-electron chi connectivity index (χ2n) is 6.87. The number of carbonyl (C=O) groups is 1. The maximum Gasteiger partial charge on any atom is 0.262 e. The molecule has 2 heterocycles. The number of nitrogens with one attached hydrogen (secondary N) is 1. The van der Waals surface area contributed by atoms with Gasteiger partial charge in [-0.1, -0.05) is 17.7 Å². The van der Waals surface area contributed by atoms with Gasteiger partial charge in [-0.2, -0.15) is 0 Å². The van der Waals surface area contributed by atoms with Crippen molar-refractivity contribution < 1.29 is 9.53 Å². The Balaban J connectivity index is 1.36. The predicted octanol–water partition coefficient (Wildman–Crippen LogP) is 4.26. The van der Waals surface area contributed by atoms with Crippen LogP contribution in [0.25, 0.3) is 11.4 Å². The summed E-state index contributed by atoms with van der Waals surface area (Å²) in [7, 11) is 0. The molecule has 0 atom stereocenters. The number of anilines is 1. The molecule has 3 aromatic rings. The number of benzene rings is 2. The fourth-order valence-corrected chi connectivity index (χ4v) is 3.42. The molecule has 1 N–H and O–H groups in total. The van der Waals surface area contributed by atoms with Crippen molar-refractivity contribution in [3.63, 3.8) is 0 Å². The number of fused-ring (bicyclic) bond motifs is 1. The first-order valence-corrected chi connectivity index (χ1v) is 9.69. The third-order valence-electron chi connectivity index (χ3n) is 4.80. The highest BCUT2D eigenvalue weighted by molar-refractivity contribution is 6.31. The maximum absolute atomic E-state index is 12.1. The molecule has 0 fully saturated rings. The van der Waals surface area contributed by atoms with Crippen LogP contribution in [0, 0.1) is 6.92 Å². The van der Waals surface area contributed by atoms with Crippen LogP contribution < -0.4 is 10.1 Å². The Hall–Kier alpha value is -2.86. The molecule has 1 aliphatic rings. The summed E-state index contributed by atoms with van der Waals surface area (Å²) in [4.78, 5) is 12.1. The van der Waals surface area contributed by atoms with E-state index in [-0.39, 0.29) is 12.5 Å². The fraction of sp³-hybridized carbons (Fsp3) is 0.286. The van der Waals surface area contributed by atoms with Crippen LogP contribution in [-0.2, 0) is 17.8 Å². The van der Waals surface area contributed by atoms with Crippen molar-refractivity contribution in [1.82, 2.24) is 14.8 Å². The summed E-state index contributed by atoms with van der Waals surface area (Å²) in [5.41, 5.74) is 2.60. The Kier molecular flexibility index (Phi) is 5.30. The van der Waals surface area contributed by atoms with Crippen LogP contribution in [0.2, 0.25) is 5.02 Å². The number of carbonyl (C=O) groups excluding carboxylic acids is 1. The van der Waals surface area contributed by atoms with E-state index in [1.165, 1.54) is 6.42 Å². The van der Waals surface area contributed by atoms with Crippen molar-refractivity contribution in [1.29, 1.82) is 0 Å². The average molecular weight is 397 g/mol. The van der Waals surface area contributed by atoms with E-state index >= 15 is 0 Å². The van der Waals surface area contributed by atoms with E-state index in [2.05, 4.69) is 20.1 Å². The lowest BCUT2D eigenvalue weighted by Gasteiger charge is -2.14. The van der Waals surface area contributed by atoms with Gasteiger partial charge in [-0.05, 0) is 61.7 Å². The topological polar surface area (TPSA) is 69.0 Å². The van der Waals surface area contributed by atoms with Gasteiger partial charge in [0, 0.05) is 29.2 Å². The van der Waals surface area contributed by atoms with Crippen LogP contribution in [0.4, 0.5) is 5.69 Å². The van der Waals surface area contributed by atoms with Gasteiger partial charge in [0.05, 0.1) is 0 Å². The minimum atomic E-state index is -0.240. The van der Waals surface area contributed by atoms with E-state index < -0.39 is 0 Å². The molecule has 0 spiro atoms. The van der Waals surface area contributed by atoms with Gasteiger partial charge in [-0.25, -0.2) is 0 Å². The van der Waals surface area contributed by atoms with Crippen molar-refractivity contribution in [2.45, 2.75) is 32.7 Å². The number of rotatable bonds is 5. The van der Waals surface area contributed by atoms with Gasteiger partial charge in [-0.15, -0.1) is 10.2 Å². The highest BCUT2D eigenvalue weighted by Crippen LogP contribution is 2.25. The van der Waals surface area contributed by atoms with Crippen molar-refractivity contribution in [3.05, 3.63) is 58.9 Å². The minimum Gasteiger partial charge on any atom is -0.484 e. The van der Waals surface area contributed by atoms with Crippen molar-refractivity contribution in [2.24, 2.45) is 0 Å². The van der Waals surface area contributed by atoms with Crippen LogP contribution in [-0.4, -0.2) is 27.3 Å². The van der Waals surface area contributed by atoms with Crippen LogP contribution in [0.1, 0.15) is 24.2 Å². The van der Waals surface area contributed by atoms with Crippen molar-refractivity contribution in [3.8, 4) is 17.1 Å².